The Morgan fingerprint density at radius 1 is 1.16 bits per heavy atom. The number of benzene rings is 1. The van der Waals surface area contributed by atoms with Crippen LogP contribution in [0.25, 0.3) is 11.5 Å². The Morgan fingerprint density at radius 3 is 2.81 bits per heavy atom. The second-order valence-corrected chi connectivity index (χ2v) is 7.61. The molecule has 0 saturated heterocycles. The van der Waals surface area contributed by atoms with Gasteiger partial charge in [0.1, 0.15) is 11.4 Å². The van der Waals surface area contributed by atoms with E-state index in [1.165, 1.54) is 5.56 Å². The molecule has 0 atom stereocenters. The fourth-order valence-corrected chi connectivity index (χ4v) is 3.95. The van der Waals surface area contributed by atoms with E-state index in [0.29, 0.717) is 31.2 Å². The highest BCUT2D eigenvalue weighted by atomic mass is 16.5. The van der Waals surface area contributed by atoms with E-state index in [-0.39, 0.29) is 5.56 Å². The first-order valence-corrected chi connectivity index (χ1v) is 10.7. The van der Waals surface area contributed by atoms with Crippen LogP contribution in [0.2, 0.25) is 0 Å². The van der Waals surface area contributed by atoms with E-state index >= 15 is 0 Å². The van der Waals surface area contributed by atoms with Gasteiger partial charge in [-0.2, -0.15) is 0 Å². The molecular weight excluding hydrogens is 392 g/mol. The monoisotopic (exact) mass is 420 g/mol. The highest BCUT2D eigenvalue weighted by Crippen LogP contribution is 2.23. The number of ether oxygens (including phenoxy) is 2. The first-order valence-electron chi connectivity index (χ1n) is 10.7. The number of aromatic nitrogens is 3. The van der Waals surface area contributed by atoms with Crippen molar-refractivity contribution in [3.8, 4) is 17.3 Å². The summed E-state index contributed by atoms with van der Waals surface area (Å²) in [6.45, 7) is 5.65. The zero-order valence-corrected chi connectivity index (χ0v) is 18.1. The second-order valence-electron chi connectivity index (χ2n) is 7.61. The first-order chi connectivity index (χ1) is 15.2. The average molecular weight is 421 g/mol. The average Bonchev–Trinajstić information content (AvgIpc) is 3.01. The summed E-state index contributed by atoms with van der Waals surface area (Å²) in [6, 6.07) is 11.8. The molecule has 0 spiro atoms. The summed E-state index contributed by atoms with van der Waals surface area (Å²) in [4.78, 5) is 27.1. The van der Waals surface area contributed by atoms with E-state index < -0.39 is 0 Å². The lowest BCUT2D eigenvalue weighted by Crippen LogP contribution is -2.26. The summed E-state index contributed by atoms with van der Waals surface area (Å²) in [5.74, 6) is 1.38. The van der Waals surface area contributed by atoms with Crippen molar-refractivity contribution in [1.82, 2.24) is 19.9 Å². The van der Waals surface area contributed by atoms with Crippen molar-refractivity contribution in [3.63, 3.8) is 0 Å². The topological polar surface area (TPSA) is 80.3 Å². The summed E-state index contributed by atoms with van der Waals surface area (Å²) >= 11 is 0. The van der Waals surface area contributed by atoms with Crippen LogP contribution >= 0.6 is 0 Å². The van der Waals surface area contributed by atoms with Gasteiger partial charge in [0.2, 0.25) is 0 Å². The summed E-state index contributed by atoms with van der Waals surface area (Å²) in [6.07, 6.45) is 3.13. The van der Waals surface area contributed by atoms with Crippen LogP contribution in [0.1, 0.15) is 29.3 Å². The third kappa shape index (κ3) is 5.00. The van der Waals surface area contributed by atoms with Crippen molar-refractivity contribution in [2.45, 2.75) is 32.9 Å². The predicted octanol–water partition coefficient (Wildman–Crippen LogP) is 2.98. The van der Waals surface area contributed by atoms with Gasteiger partial charge in [-0.15, -0.1) is 0 Å². The van der Waals surface area contributed by atoms with Gasteiger partial charge < -0.3 is 14.5 Å². The van der Waals surface area contributed by atoms with Crippen LogP contribution in [-0.2, 0) is 30.7 Å². The van der Waals surface area contributed by atoms with Crippen molar-refractivity contribution >= 4 is 0 Å². The molecule has 2 aromatic heterocycles. The minimum absolute atomic E-state index is 0.0593. The maximum atomic E-state index is 12.7. The third-order valence-electron chi connectivity index (χ3n) is 5.56. The molecule has 162 valence electrons. The van der Waals surface area contributed by atoms with Crippen LogP contribution in [0.4, 0.5) is 0 Å². The predicted molar refractivity (Wildman–Crippen MR) is 119 cm³/mol. The molecular formula is C24H28N4O3. The zero-order chi connectivity index (χ0) is 21.6. The molecule has 3 heterocycles. The third-order valence-corrected chi connectivity index (χ3v) is 5.56. The largest absolute Gasteiger partial charge is 0.496 e. The molecule has 0 bridgehead atoms. The number of rotatable bonds is 7. The molecule has 31 heavy (non-hydrogen) atoms. The van der Waals surface area contributed by atoms with E-state index in [9.17, 15) is 4.79 Å². The number of pyridine rings is 1. The van der Waals surface area contributed by atoms with Gasteiger partial charge in [0.05, 0.1) is 19.4 Å². The standard InChI is InChI=1S/C24H28N4O3/c1-3-31-16-18-14-17(7-8-22(18)30-2)15-28-12-9-19-20(10-13-28)26-23(27-24(19)29)21-6-4-5-11-25-21/h4-8,11,14H,3,9-10,12-13,15-16H2,1-2H3,(H,26,27,29). The number of nitrogens with one attached hydrogen (secondary N) is 1. The van der Waals surface area contributed by atoms with Crippen molar-refractivity contribution in [1.29, 1.82) is 0 Å². The van der Waals surface area contributed by atoms with Crippen LogP contribution in [0.15, 0.2) is 47.4 Å². The Hall–Kier alpha value is -3.03. The van der Waals surface area contributed by atoms with Crippen molar-refractivity contribution < 1.29 is 9.47 Å². The Morgan fingerprint density at radius 2 is 2.03 bits per heavy atom. The van der Waals surface area contributed by atoms with Gasteiger partial charge >= 0.3 is 0 Å². The van der Waals surface area contributed by atoms with Gasteiger partial charge in [0.25, 0.3) is 5.56 Å². The lowest BCUT2D eigenvalue weighted by molar-refractivity contribution is 0.132. The van der Waals surface area contributed by atoms with Crippen LogP contribution < -0.4 is 10.3 Å². The molecule has 1 aliphatic rings. The quantitative estimate of drug-likeness (QED) is 0.633. The summed E-state index contributed by atoms with van der Waals surface area (Å²) in [7, 11) is 1.68. The number of H-pyrrole nitrogens is 1. The smallest absolute Gasteiger partial charge is 0.254 e. The van der Waals surface area contributed by atoms with Gasteiger partial charge in [-0.25, -0.2) is 4.98 Å². The lowest BCUT2D eigenvalue weighted by Gasteiger charge is -2.20. The molecule has 0 fully saturated rings. The number of nitrogens with zero attached hydrogens (tertiary/aromatic N) is 3. The number of hydrogen-bond donors (Lipinski definition) is 1. The van der Waals surface area contributed by atoms with E-state index in [2.05, 4.69) is 27.0 Å². The Bertz CT molecular complexity index is 1080. The van der Waals surface area contributed by atoms with Crippen LogP contribution in [0.3, 0.4) is 0 Å². The molecule has 0 saturated carbocycles. The fourth-order valence-electron chi connectivity index (χ4n) is 3.95. The molecule has 1 aliphatic heterocycles. The van der Waals surface area contributed by atoms with Crippen LogP contribution in [0, 0.1) is 0 Å². The van der Waals surface area contributed by atoms with Gasteiger partial charge in [0, 0.05) is 50.0 Å². The lowest BCUT2D eigenvalue weighted by atomic mass is 10.1. The Labute approximate surface area is 182 Å². The molecule has 0 unspecified atom stereocenters. The van der Waals surface area contributed by atoms with Crippen LogP contribution in [-0.4, -0.2) is 46.7 Å². The minimum Gasteiger partial charge on any atom is -0.496 e. The van der Waals surface area contributed by atoms with Crippen molar-refractivity contribution in [2.75, 3.05) is 26.8 Å². The van der Waals surface area contributed by atoms with Crippen molar-refractivity contribution in [3.05, 3.63) is 75.3 Å². The Kier molecular flexibility index (Phi) is 6.74. The van der Waals surface area contributed by atoms with E-state index in [4.69, 9.17) is 14.5 Å². The van der Waals surface area contributed by atoms with Gasteiger partial charge in [-0.05, 0) is 43.2 Å². The molecule has 1 aromatic carbocycles. The maximum Gasteiger partial charge on any atom is 0.254 e. The van der Waals surface area contributed by atoms with Crippen LogP contribution in [0.5, 0.6) is 5.75 Å². The van der Waals surface area contributed by atoms with E-state index in [0.717, 1.165) is 48.6 Å². The van der Waals surface area contributed by atoms with E-state index in [1.807, 2.05) is 31.2 Å². The highest BCUT2D eigenvalue weighted by Gasteiger charge is 2.20. The fraction of sp³-hybridized carbons (Fsp3) is 0.375. The summed E-state index contributed by atoms with van der Waals surface area (Å²) in [5, 5.41) is 0. The number of hydrogen-bond acceptors (Lipinski definition) is 6. The molecule has 7 nitrogen and oxygen atoms in total. The summed E-state index contributed by atoms with van der Waals surface area (Å²) < 4.78 is 11.1. The van der Waals surface area contributed by atoms with E-state index in [1.54, 1.807) is 13.3 Å². The molecule has 0 radical (unpaired) electrons. The highest BCUT2D eigenvalue weighted by molar-refractivity contribution is 5.49. The minimum atomic E-state index is -0.0593. The van der Waals surface area contributed by atoms with Gasteiger partial charge in [-0.1, -0.05) is 12.1 Å². The Balaban J connectivity index is 1.50. The maximum absolute atomic E-state index is 12.7. The molecule has 1 N–H and O–H groups in total. The number of fused-ring (bicyclic) bond motifs is 1. The normalized spacial score (nSPS) is 14.1. The molecule has 0 amide bonds. The van der Waals surface area contributed by atoms with Crippen molar-refractivity contribution in [2.24, 2.45) is 0 Å². The SMILES string of the molecule is CCOCc1cc(CN2CCc3nc(-c4ccccn4)[nH]c(=O)c3CC2)ccc1OC. The zero-order valence-electron chi connectivity index (χ0n) is 18.1. The second kappa shape index (κ2) is 9.85. The molecule has 3 aromatic rings. The molecule has 4 rings (SSSR count). The molecule has 7 heteroatoms. The number of methoxy groups -OCH3 is 1. The number of aromatic amines is 1. The molecule has 0 aliphatic carbocycles. The first kappa shape index (κ1) is 21.2. The summed E-state index contributed by atoms with van der Waals surface area (Å²) in [5.41, 5.74) is 4.54. The van der Waals surface area contributed by atoms with Gasteiger partial charge in [0.15, 0.2) is 5.82 Å². The van der Waals surface area contributed by atoms with Gasteiger partial charge in [-0.3, -0.25) is 14.7 Å².